The summed E-state index contributed by atoms with van der Waals surface area (Å²) in [6.07, 6.45) is 3.87. The van der Waals surface area contributed by atoms with Crippen LogP contribution < -0.4 is 11.1 Å². The van der Waals surface area contributed by atoms with Gasteiger partial charge in [0.2, 0.25) is 0 Å². The van der Waals surface area contributed by atoms with Crippen molar-refractivity contribution in [1.82, 2.24) is 5.32 Å². The Labute approximate surface area is 94.0 Å². The number of nitrogens with one attached hydrogen (secondary N) is 1. The van der Waals surface area contributed by atoms with Crippen molar-refractivity contribution in [1.29, 1.82) is 0 Å². The molecule has 0 radical (unpaired) electrons. The topological polar surface area (TPSA) is 38.0 Å². The molecule has 0 saturated heterocycles. The van der Waals surface area contributed by atoms with Crippen molar-refractivity contribution in [2.75, 3.05) is 6.54 Å². The van der Waals surface area contributed by atoms with Crippen molar-refractivity contribution in [3.8, 4) is 0 Å². The Kier molecular flexibility index (Phi) is 2.63. The summed E-state index contributed by atoms with van der Waals surface area (Å²) in [6, 6.07) is 1.13. The van der Waals surface area contributed by atoms with E-state index in [0.717, 1.165) is 12.5 Å². The van der Waals surface area contributed by atoms with Gasteiger partial charge in [-0.25, -0.2) is 0 Å². The first-order valence-corrected chi connectivity index (χ1v) is 6.36. The molecule has 0 aromatic rings. The second kappa shape index (κ2) is 3.46. The first-order chi connectivity index (χ1) is 6.87. The smallest absolute Gasteiger partial charge is 0.0181 e. The van der Waals surface area contributed by atoms with Crippen LogP contribution in [-0.2, 0) is 0 Å². The van der Waals surface area contributed by atoms with Crippen LogP contribution in [-0.4, -0.2) is 18.6 Å². The van der Waals surface area contributed by atoms with E-state index in [-0.39, 0.29) is 0 Å². The van der Waals surface area contributed by atoms with Crippen molar-refractivity contribution in [2.45, 2.75) is 59.0 Å². The van der Waals surface area contributed by atoms with Gasteiger partial charge in [0, 0.05) is 12.1 Å². The maximum absolute atomic E-state index is 6.08. The van der Waals surface area contributed by atoms with Crippen molar-refractivity contribution in [2.24, 2.45) is 22.5 Å². The highest BCUT2D eigenvalue weighted by Crippen LogP contribution is 2.62. The quantitative estimate of drug-likeness (QED) is 0.749. The molecular weight excluding hydrogens is 184 g/mol. The van der Waals surface area contributed by atoms with E-state index in [0.29, 0.717) is 22.9 Å². The largest absolute Gasteiger partial charge is 0.327 e. The van der Waals surface area contributed by atoms with Gasteiger partial charge in [-0.15, -0.1) is 0 Å². The highest BCUT2D eigenvalue weighted by atomic mass is 15.0. The normalized spacial score (nSPS) is 38.2. The summed E-state index contributed by atoms with van der Waals surface area (Å²) >= 11 is 0. The summed E-state index contributed by atoms with van der Waals surface area (Å²) in [5, 5.41) is 3.73. The van der Waals surface area contributed by atoms with Gasteiger partial charge in [0.05, 0.1) is 0 Å². The molecule has 0 heterocycles. The maximum atomic E-state index is 6.08. The molecule has 0 aromatic carbocycles. The van der Waals surface area contributed by atoms with E-state index in [2.05, 4.69) is 33.0 Å². The van der Waals surface area contributed by atoms with E-state index in [4.69, 9.17) is 5.73 Å². The summed E-state index contributed by atoms with van der Waals surface area (Å²) in [5.41, 5.74) is 6.99. The highest BCUT2D eigenvalue weighted by Gasteiger charge is 2.64. The average molecular weight is 210 g/mol. The third-order valence-electron chi connectivity index (χ3n) is 5.32. The Morgan fingerprint density at radius 1 is 1.13 bits per heavy atom. The minimum absolute atomic E-state index is 0.447. The molecule has 2 heteroatoms. The van der Waals surface area contributed by atoms with Crippen LogP contribution in [0, 0.1) is 16.7 Å². The molecule has 2 aliphatic rings. The predicted molar refractivity (Wildman–Crippen MR) is 64.7 cm³/mol. The minimum atomic E-state index is 0.447. The van der Waals surface area contributed by atoms with E-state index in [1.54, 1.807) is 0 Å². The Hall–Kier alpha value is -0.0800. The van der Waals surface area contributed by atoms with Gasteiger partial charge < -0.3 is 11.1 Å². The second-order valence-corrected chi connectivity index (χ2v) is 6.64. The van der Waals surface area contributed by atoms with Crippen LogP contribution in [0.3, 0.4) is 0 Å². The van der Waals surface area contributed by atoms with Gasteiger partial charge in [-0.1, -0.05) is 34.1 Å². The van der Waals surface area contributed by atoms with E-state index < -0.39 is 0 Å². The maximum Gasteiger partial charge on any atom is 0.0181 e. The molecule has 2 unspecified atom stereocenters. The Morgan fingerprint density at radius 3 is 2.13 bits per heavy atom. The van der Waals surface area contributed by atoms with Crippen molar-refractivity contribution >= 4 is 0 Å². The van der Waals surface area contributed by atoms with Crippen molar-refractivity contribution in [3.63, 3.8) is 0 Å². The van der Waals surface area contributed by atoms with Crippen LogP contribution in [0.25, 0.3) is 0 Å². The van der Waals surface area contributed by atoms with E-state index in [1.165, 1.54) is 19.3 Å². The molecule has 0 aliphatic heterocycles. The molecular formula is C13H26N2. The fourth-order valence-electron chi connectivity index (χ4n) is 3.29. The van der Waals surface area contributed by atoms with Crippen molar-refractivity contribution < 1.29 is 0 Å². The molecule has 0 spiro atoms. The number of hydrogen-bond acceptors (Lipinski definition) is 2. The van der Waals surface area contributed by atoms with Crippen LogP contribution in [0.4, 0.5) is 0 Å². The molecule has 88 valence electrons. The van der Waals surface area contributed by atoms with Gasteiger partial charge in [-0.05, 0) is 36.1 Å². The standard InChI is InChI=1S/C13H26N2/c1-12(2)11(13(12,3)4)15-8-9-6-5-7-10(9)14/h9-11,15H,5-8,14H2,1-4H3. The number of rotatable bonds is 3. The fourth-order valence-corrected chi connectivity index (χ4v) is 3.29. The lowest BCUT2D eigenvalue weighted by molar-refractivity contribution is 0.420. The summed E-state index contributed by atoms with van der Waals surface area (Å²) in [7, 11) is 0. The van der Waals surface area contributed by atoms with Gasteiger partial charge >= 0.3 is 0 Å². The van der Waals surface area contributed by atoms with Crippen LogP contribution in [0.1, 0.15) is 47.0 Å². The first-order valence-electron chi connectivity index (χ1n) is 6.36. The van der Waals surface area contributed by atoms with Crippen molar-refractivity contribution in [3.05, 3.63) is 0 Å². The predicted octanol–water partition coefficient (Wildman–Crippen LogP) is 2.14. The molecule has 15 heavy (non-hydrogen) atoms. The van der Waals surface area contributed by atoms with Gasteiger partial charge in [0.1, 0.15) is 0 Å². The zero-order chi connectivity index (χ0) is 11.3. The Balaban J connectivity index is 1.81. The number of nitrogens with two attached hydrogens (primary N) is 1. The molecule has 2 saturated carbocycles. The van der Waals surface area contributed by atoms with E-state index in [1.807, 2.05) is 0 Å². The van der Waals surface area contributed by atoms with E-state index >= 15 is 0 Å². The van der Waals surface area contributed by atoms with Gasteiger partial charge in [-0.2, -0.15) is 0 Å². The zero-order valence-electron chi connectivity index (χ0n) is 10.6. The van der Waals surface area contributed by atoms with Gasteiger partial charge in [0.25, 0.3) is 0 Å². The Bertz CT molecular complexity index is 231. The molecule has 2 nitrogen and oxygen atoms in total. The number of hydrogen-bond donors (Lipinski definition) is 2. The molecule has 0 amide bonds. The monoisotopic (exact) mass is 210 g/mol. The summed E-state index contributed by atoms with van der Waals surface area (Å²) in [6.45, 7) is 10.6. The fraction of sp³-hybridized carbons (Fsp3) is 1.00. The second-order valence-electron chi connectivity index (χ2n) is 6.64. The molecule has 3 N–H and O–H groups in total. The SMILES string of the molecule is CC1(C)C(NCC2CCCC2N)C1(C)C. The van der Waals surface area contributed by atoms with Gasteiger partial charge in [0.15, 0.2) is 0 Å². The average Bonchev–Trinajstić information content (AvgIpc) is 2.49. The summed E-state index contributed by atoms with van der Waals surface area (Å²) in [5.74, 6) is 0.720. The van der Waals surface area contributed by atoms with Gasteiger partial charge in [-0.3, -0.25) is 0 Å². The lowest BCUT2D eigenvalue weighted by Crippen LogP contribution is -2.35. The molecule has 2 atom stereocenters. The third-order valence-corrected chi connectivity index (χ3v) is 5.32. The molecule has 2 aliphatic carbocycles. The molecule has 2 fully saturated rings. The molecule has 0 aromatic heterocycles. The first kappa shape index (κ1) is 11.4. The lowest BCUT2D eigenvalue weighted by Gasteiger charge is -2.16. The third kappa shape index (κ3) is 1.72. The van der Waals surface area contributed by atoms with E-state index in [9.17, 15) is 0 Å². The molecule has 2 rings (SSSR count). The van der Waals surface area contributed by atoms with Crippen LogP contribution >= 0.6 is 0 Å². The minimum Gasteiger partial charge on any atom is -0.327 e. The summed E-state index contributed by atoms with van der Waals surface area (Å²) in [4.78, 5) is 0. The van der Waals surface area contributed by atoms with Crippen LogP contribution in [0.5, 0.6) is 0 Å². The zero-order valence-corrected chi connectivity index (χ0v) is 10.6. The highest BCUT2D eigenvalue weighted by molar-refractivity contribution is 5.17. The van der Waals surface area contributed by atoms with Crippen LogP contribution in [0.15, 0.2) is 0 Å². The summed E-state index contributed by atoms with van der Waals surface area (Å²) < 4.78 is 0. The molecule has 0 bridgehead atoms. The lowest BCUT2D eigenvalue weighted by atomic mass is 10.0. The Morgan fingerprint density at radius 2 is 1.73 bits per heavy atom. The van der Waals surface area contributed by atoms with Crippen LogP contribution in [0.2, 0.25) is 0 Å².